The highest BCUT2D eigenvalue weighted by molar-refractivity contribution is 7.11. The second-order valence-electron chi connectivity index (χ2n) is 4.99. The normalized spacial score (nSPS) is 11.0. The van der Waals surface area contributed by atoms with Gasteiger partial charge in [-0.05, 0) is 12.5 Å². The van der Waals surface area contributed by atoms with Crippen LogP contribution in [0.25, 0.3) is 17.0 Å². The van der Waals surface area contributed by atoms with Crippen LogP contribution in [0.5, 0.6) is 0 Å². The van der Waals surface area contributed by atoms with Crippen LogP contribution in [-0.2, 0) is 13.0 Å². The second-order valence-corrected chi connectivity index (χ2v) is 6.19. The number of anilines is 1. The van der Waals surface area contributed by atoms with E-state index in [1.807, 2.05) is 6.20 Å². The van der Waals surface area contributed by atoms with Gasteiger partial charge in [-0.15, -0.1) is 11.3 Å². The predicted octanol–water partition coefficient (Wildman–Crippen LogP) is 2.24. The molecular formula is C15H14N8S. The van der Waals surface area contributed by atoms with Crippen molar-refractivity contribution in [2.75, 3.05) is 5.32 Å². The second kappa shape index (κ2) is 6.28. The lowest BCUT2D eigenvalue weighted by atomic mass is 10.4. The average Bonchev–Trinajstić information content (AvgIpc) is 3.27. The highest BCUT2D eigenvalue weighted by atomic mass is 32.1. The number of hydrogen-bond acceptors (Lipinski definition) is 8. The molecule has 8 nitrogen and oxygen atoms in total. The Labute approximate surface area is 141 Å². The summed E-state index contributed by atoms with van der Waals surface area (Å²) in [7, 11) is 0. The Hall–Kier alpha value is -2.94. The molecule has 0 aliphatic carbocycles. The maximum atomic E-state index is 4.41. The van der Waals surface area contributed by atoms with Gasteiger partial charge in [-0.3, -0.25) is 0 Å². The van der Waals surface area contributed by atoms with Crippen molar-refractivity contribution in [2.45, 2.75) is 19.9 Å². The fourth-order valence-electron chi connectivity index (χ4n) is 2.28. The van der Waals surface area contributed by atoms with Gasteiger partial charge >= 0.3 is 0 Å². The molecule has 4 aromatic rings. The number of hydrogen-bond donors (Lipinski definition) is 1. The largest absolute Gasteiger partial charge is 0.363 e. The standard InChI is InChI=1S/C15H14N8S/c1-2-10-6-18-12(24-10)8-19-13-11-7-22-23(14(11)21-9-20-13)15-16-4-3-5-17-15/h3-7,9H,2,8H2,1H3,(H,19,20,21). The minimum absolute atomic E-state index is 0.477. The van der Waals surface area contributed by atoms with Crippen molar-refractivity contribution >= 4 is 28.2 Å². The highest BCUT2D eigenvalue weighted by Gasteiger charge is 2.12. The molecule has 0 radical (unpaired) electrons. The molecule has 24 heavy (non-hydrogen) atoms. The lowest BCUT2D eigenvalue weighted by Gasteiger charge is -2.04. The predicted molar refractivity (Wildman–Crippen MR) is 91.1 cm³/mol. The van der Waals surface area contributed by atoms with Crippen LogP contribution in [0.15, 0.2) is 37.2 Å². The van der Waals surface area contributed by atoms with Crippen LogP contribution in [0, 0.1) is 0 Å². The van der Waals surface area contributed by atoms with Gasteiger partial charge in [0.15, 0.2) is 5.65 Å². The topological polar surface area (TPSA) is 94.3 Å². The number of fused-ring (bicyclic) bond motifs is 1. The minimum atomic E-state index is 0.477. The van der Waals surface area contributed by atoms with Crippen molar-refractivity contribution in [3.8, 4) is 5.95 Å². The van der Waals surface area contributed by atoms with E-state index >= 15 is 0 Å². The highest BCUT2D eigenvalue weighted by Crippen LogP contribution is 2.21. The summed E-state index contributed by atoms with van der Waals surface area (Å²) in [4.78, 5) is 22.7. The summed E-state index contributed by atoms with van der Waals surface area (Å²) < 4.78 is 1.60. The fraction of sp³-hybridized carbons (Fsp3) is 0.200. The van der Waals surface area contributed by atoms with Crippen LogP contribution in [0.1, 0.15) is 16.8 Å². The Kier molecular flexibility index (Phi) is 3.83. The van der Waals surface area contributed by atoms with E-state index in [9.17, 15) is 0 Å². The third kappa shape index (κ3) is 2.69. The van der Waals surface area contributed by atoms with E-state index in [1.165, 1.54) is 11.2 Å². The summed E-state index contributed by atoms with van der Waals surface area (Å²) in [5, 5.41) is 9.49. The molecule has 0 fully saturated rings. The van der Waals surface area contributed by atoms with Crippen molar-refractivity contribution in [2.24, 2.45) is 0 Å². The average molecular weight is 338 g/mol. The molecule has 0 aliphatic heterocycles. The SMILES string of the molecule is CCc1cnc(CNc2ncnc3c2cnn3-c2ncccn2)s1. The van der Waals surface area contributed by atoms with E-state index in [0.717, 1.165) is 22.6 Å². The lowest BCUT2D eigenvalue weighted by Crippen LogP contribution is -2.04. The van der Waals surface area contributed by atoms with Gasteiger partial charge in [-0.1, -0.05) is 6.92 Å². The van der Waals surface area contributed by atoms with Gasteiger partial charge in [0.05, 0.1) is 18.1 Å². The molecular weight excluding hydrogens is 324 g/mol. The molecule has 0 saturated heterocycles. The molecule has 0 spiro atoms. The molecule has 4 rings (SSSR count). The molecule has 0 amide bonds. The van der Waals surface area contributed by atoms with Crippen LogP contribution in [-0.4, -0.2) is 34.7 Å². The quantitative estimate of drug-likeness (QED) is 0.596. The van der Waals surface area contributed by atoms with E-state index in [4.69, 9.17) is 0 Å². The molecule has 0 aliphatic rings. The maximum Gasteiger partial charge on any atom is 0.252 e. The van der Waals surface area contributed by atoms with Crippen molar-refractivity contribution in [3.63, 3.8) is 0 Å². The summed E-state index contributed by atoms with van der Waals surface area (Å²) in [5.74, 6) is 1.19. The molecule has 9 heteroatoms. The first kappa shape index (κ1) is 14.6. The third-order valence-corrected chi connectivity index (χ3v) is 4.61. The molecule has 0 unspecified atom stereocenters. The number of nitrogens with zero attached hydrogens (tertiary/aromatic N) is 7. The molecule has 4 heterocycles. The van der Waals surface area contributed by atoms with E-state index in [2.05, 4.69) is 42.3 Å². The fourth-order valence-corrected chi connectivity index (χ4v) is 3.09. The molecule has 0 bridgehead atoms. The van der Waals surface area contributed by atoms with Crippen LogP contribution >= 0.6 is 11.3 Å². The zero-order chi connectivity index (χ0) is 16.4. The number of aromatic nitrogens is 7. The van der Waals surface area contributed by atoms with Crippen LogP contribution in [0.4, 0.5) is 5.82 Å². The summed E-state index contributed by atoms with van der Waals surface area (Å²) in [6.45, 7) is 2.74. The first-order valence-corrected chi connectivity index (χ1v) is 8.30. The molecule has 4 aromatic heterocycles. The monoisotopic (exact) mass is 338 g/mol. The van der Waals surface area contributed by atoms with Crippen LogP contribution < -0.4 is 5.32 Å². The molecule has 1 N–H and O–H groups in total. The van der Waals surface area contributed by atoms with Gasteiger partial charge in [-0.2, -0.15) is 9.78 Å². The van der Waals surface area contributed by atoms with Gasteiger partial charge in [0.1, 0.15) is 17.2 Å². The Morgan fingerprint density at radius 3 is 2.75 bits per heavy atom. The van der Waals surface area contributed by atoms with Gasteiger partial charge in [0.2, 0.25) is 0 Å². The Bertz CT molecular complexity index is 962. The first-order chi connectivity index (χ1) is 11.8. The van der Waals surface area contributed by atoms with Crippen molar-refractivity contribution in [1.82, 2.24) is 34.7 Å². The van der Waals surface area contributed by atoms with Crippen LogP contribution in [0.3, 0.4) is 0 Å². The zero-order valence-electron chi connectivity index (χ0n) is 12.9. The lowest BCUT2D eigenvalue weighted by molar-refractivity contribution is 0.822. The number of rotatable bonds is 5. The van der Waals surface area contributed by atoms with Gasteiger partial charge < -0.3 is 5.32 Å². The molecule has 0 saturated carbocycles. The van der Waals surface area contributed by atoms with Crippen molar-refractivity contribution < 1.29 is 0 Å². The smallest absolute Gasteiger partial charge is 0.252 e. The minimum Gasteiger partial charge on any atom is -0.363 e. The maximum absolute atomic E-state index is 4.41. The number of aryl methyl sites for hydroxylation is 1. The first-order valence-electron chi connectivity index (χ1n) is 7.48. The summed E-state index contributed by atoms with van der Waals surface area (Å²) >= 11 is 1.70. The van der Waals surface area contributed by atoms with Crippen molar-refractivity contribution in [3.05, 3.63) is 47.1 Å². The van der Waals surface area contributed by atoms with Crippen molar-refractivity contribution in [1.29, 1.82) is 0 Å². The summed E-state index contributed by atoms with van der Waals surface area (Å²) in [6, 6.07) is 1.76. The van der Waals surface area contributed by atoms with Gasteiger partial charge in [0.25, 0.3) is 5.95 Å². The van der Waals surface area contributed by atoms with Gasteiger partial charge in [0, 0.05) is 23.5 Å². The number of nitrogens with one attached hydrogen (secondary N) is 1. The molecule has 120 valence electrons. The molecule has 0 atom stereocenters. The Morgan fingerprint density at radius 1 is 1.08 bits per heavy atom. The molecule has 0 aromatic carbocycles. The Morgan fingerprint density at radius 2 is 1.96 bits per heavy atom. The van der Waals surface area contributed by atoms with E-state index in [-0.39, 0.29) is 0 Å². The third-order valence-electron chi connectivity index (χ3n) is 3.46. The summed E-state index contributed by atoms with van der Waals surface area (Å²) in [5.41, 5.74) is 0.659. The van der Waals surface area contributed by atoms with Crippen LogP contribution in [0.2, 0.25) is 0 Å². The Balaban J connectivity index is 1.63. The van der Waals surface area contributed by atoms with E-state index in [1.54, 1.807) is 40.7 Å². The summed E-state index contributed by atoms with van der Waals surface area (Å²) in [6.07, 6.45) is 9.48. The van der Waals surface area contributed by atoms with Gasteiger partial charge in [-0.25, -0.2) is 24.9 Å². The zero-order valence-corrected chi connectivity index (χ0v) is 13.7. The van der Waals surface area contributed by atoms with E-state index in [0.29, 0.717) is 18.1 Å². The number of thiazole rings is 1. The van der Waals surface area contributed by atoms with E-state index < -0.39 is 0 Å².